The van der Waals surface area contributed by atoms with Crippen LogP contribution in [0, 0.1) is 0 Å². The second-order valence-electron chi connectivity index (χ2n) is 5.81. The van der Waals surface area contributed by atoms with Crippen molar-refractivity contribution in [3.05, 3.63) is 48.0 Å². The standard InChI is InChI=1S/C18H15N3OS/c1-10(2)19-17(22)11-7-8-15-12(9-11)16-18(23-15)21-14-6-4-3-5-13(14)20-16/h3-10H,1-2H3,(H,19,22). The van der Waals surface area contributed by atoms with Crippen LogP contribution in [0.2, 0.25) is 0 Å². The molecule has 4 nitrogen and oxygen atoms in total. The summed E-state index contributed by atoms with van der Waals surface area (Å²) in [6.45, 7) is 3.90. The van der Waals surface area contributed by atoms with E-state index in [2.05, 4.69) is 5.32 Å². The van der Waals surface area contributed by atoms with Crippen molar-refractivity contribution < 1.29 is 4.79 Å². The summed E-state index contributed by atoms with van der Waals surface area (Å²) >= 11 is 1.61. The van der Waals surface area contributed by atoms with Gasteiger partial charge in [-0.1, -0.05) is 12.1 Å². The van der Waals surface area contributed by atoms with E-state index < -0.39 is 0 Å². The predicted octanol–water partition coefficient (Wildman–Crippen LogP) is 4.14. The van der Waals surface area contributed by atoms with E-state index in [-0.39, 0.29) is 11.9 Å². The third kappa shape index (κ3) is 2.43. The molecule has 0 unspecified atom stereocenters. The second-order valence-corrected chi connectivity index (χ2v) is 6.84. The molecule has 4 aromatic rings. The summed E-state index contributed by atoms with van der Waals surface area (Å²) in [5.41, 5.74) is 3.28. The van der Waals surface area contributed by atoms with Gasteiger partial charge in [0.05, 0.1) is 11.0 Å². The summed E-state index contributed by atoms with van der Waals surface area (Å²) in [4.78, 5) is 22.6. The first-order valence-corrected chi connectivity index (χ1v) is 8.33. The van der Waals surface area contributed by atoms with E-state index in [1.54, 1.807) is 11.3 Å². The highest BCUT2D eigenvalue weighted by molar-refractivity contribution is 7.25. The maximum atomic E-state index is 12.2. The summed E-state index contributed by atoms with van der Waals surface area (Å²) in [6, 6.07) is 13.7. The molecule has 0 saturated heterocycles. The third-order valence-corrected chi connectivity index (χ3v) is 4.72. The maximum absolute atomic E-state index is 12.2. The molecule has 0 spiro atoms. The van der Waals surface area contributed by atoms with Gasteiger partial charge in [0, 0.05) is 21.7 Å². The minimum absolute atomic E-state index is 0.0602. The molecule has 4 rings (SSSR count). The molecule has 5 heteroatoms. The van der Waals surface area contributed by atoms with Crippen molar-refractivity contribution in [3.63, 3.8) is 0 Å². The van der Waals surface area contributed by atoms with Gasteiger partial charge in [0.25, 0.3) is 5.91 Å². The van der Waals surface area contributed by atoms with Crippen LogP contribution in [0.4, 0.5) is 0 Å². The van der Waals surface area contributed by atoms with Gasteiger partial charge >= 0.3 is 0 Å². The lowest BCUT2D eigenvalue weighted by Crippen LogP contribution is -2.29. The van der Waals surface area contributed by atoms with Gasteiger partial charge in [-0.15, -0.1) is 11.3 Å². The van der Waals surface area contributed by atoms with Crippen LogP contribution < -0.4 is 5.32 Å². The molecule has 0 bridgehead atoms. The fourth-order valence-electron chi connectivity index (χ4n) is 2.63. The van der Waals surface area contributed by atoms with E-state index in [9.17, 15) is 4.79 Å². The van der Waals surface area contributed by atoms with E-state index in [0.717, 1.165) is 31.5 Å². The summed E-state index contributed by atoms with van der Waals surface area (Å²) in [6.07, 6.45) is 0. The molecule has 0 radical (unpaired) electrons. The molecular formula is C18H15N3OS. The average Bonchev–Trinajstić information content (AvgIpc) is 2.88. The van der Waals surface area contributed by atoms with Gasteiger partial charge in [0.15, 0.2) is 0 Å². The van der Waals surface area contributed by atoms with E-state index in [1.807, 2.05) is 56.3 Å². The first kappa shape index (κ1) is 14.1. The Balaban J connectivity index is 1.94. The monoisotopic (exact) mass is 321 g/mol. The summed E-state index contributed by atoms with van der Waals surface area (Å²) in [5.74, 6) is -0.0602. The fourth-order valence-corrected chi connectivity index (χ4v) is 3.63. The van der Waals surface area contributed by atoms with Gasteiger partial charge in [-0.3, -0.25) is 4.79 Å². The van der Waals surface area contributed by atoms with E-state index in [0.29, 0.717) is 5.56 Å². The number of nitrogens with one attached hydrogen (secondary N) is 1. The van der Waals surface area contributed by atoms with Crippen molar-refractivity contribution in [3.8, 4) is 0 Å². The van der Waals surface area contributed by atoms with E-state index in [1.165, 1.54) is 0 Å². The topological polar surface area (TPSA) is 54.9 Å². The van der Waals surface area contributed by atoms with Crippen LogP contribution in [0.1, 0.15) is 24.2 Å². The number of carbonyl (C=O) groups is 1. The summed E-state index contributed by atoms with van der Waals surface area (Å²) in [5, 5.41) is 3.91. The minimum Gasteiger partial charge on any atom is -0.350 e. The normalized spacial score (nSPS) is 11.6. The van der Waals surface area contributed by atoms with E-state index >= 15 is 0 Å². The van der Waals surface area contributed by atoms with Crippen LogP contribution in [0.5, 0.6) is 0 Å². The zero-order chi connectivity index (χ0) is 16.0. The lowest BCUT2D eigenvalue weighted by atomic mass is 10.1. The summed E-state index contributed by atoms with van der Waals surface area (Å²) in [7, 11) is 0. The number of para-hydroxylation sites is 2. The number of benzene rings is 2. The molecule has 1 amide bonds. The molecule has 2 heterocycles. The van der Waals surface area contributed by atoms with Gasteiger partial charge in [-0.05, 0) is 44.2 Å². The highest BCUT2D eigenvalue weighted by atomic mass is 32.1. The Hall–Kier alpha value is -2.53. The van der Waals surface area contributed by atoms with Crippen molar-refractivity contribution in [1.82, 2.24) is 15.3 Å². The largest absolute Gasteiger partial charge is 0.350 e. The molecule has 0 aliphatic rings. The van der Waals surface area contributed by atoms with Crippen LogP contribution in [0.3, 0.4) is 0 Å². The first-order valence-electron chi connectivity index (χ1n) is 7.52. The van der Waals surface area contributed by atoms with Gasteiger partial charge < -0.3 is 5.32 Å². The quantitative estimate of drug-likeness (QED) is 0.604. The molecule has 0 saturated carbocycles. The third-order valence-electron chi connectivity index (χ3n) is 3.66. The number of fused-ring (bicyclic) bond motifs is 4. The van der Waals surface area contributed by atoms with Gasteiger partial charge in [-0.2, -0.15) is 0 Å². The second kappa shape index (κ2) is 5.28. The number of hydrogen-bond acceptors (Lipinski definition) is 4. The van der Waals surface area contributed by atoms with Crippen molar-refractivity contribution in [2.24, 2.45) is 0 Å². The average molecular weight is 321 g/mol. The van der Waals surface area contributed by atoms with Crippen LogP contribution in [0.25, 0.3) is 31.5 Å². The zero-order valence-electron chi connectivity index (χ0n) is 12.8. The number of nitrogens with zero attached hydrogens (tertiary/aromatic N) is 2. The van der Waals surface area contributed by atoms with Crippen molar-refractivity contribution in [1.29, 1.82) is 0 Å². The number of amides is 1. The van der Waals surface area contributed by atoms with Crippen molar-refractivity contribution in [2.45, 2.75) is 19.9 Å². The first-order chi connectivity index (χ1) is 11.1. The zero-order valence-corrected chi connectivity index (χ0v) is 13.6. The Morgan fingerprint density at radius 2 is 1.83 bits per heavy atom. The van der Waals surface area contributed by atoms with Crippen LogP contribution in [0.15, 0.2) is 42.5 Å². The van der Waals surface area contributed by atoms with Gasteiger partial charge in [-0.25, -0.2) is 9.97 Å². The molecule has 2 aromatic carbocycles. The Morgan fingerprint density at radius 1 is 1.09 bits per heavy atom. The van der Waals surface area contributed by atoms with Crippen molar-refractivity contribution in [2.75, 3.05) is 0 Å². The van der Waals surface area contributed by atoms with Crippen LogP contribution >= 0.6 is 11.3 Å². The highest BCUT2D eigenvalue weighted by Crippen LogP contribution is 2.33. The van der Waals surface area contributed by atoms with Crippen LogP contribution in [-0.2, 0) is 0 Å². The molecule has 2 aromatic heterocycles. The SMILES string of the molecule is CC(C)NC(=O)c1ccc2sc3nc4ccccc4nc3c2c1. The molecule has 1 N–H and O–H groups in total. The smallest absolute Gasteiger partial charge is 0.251 e. The number of carbonyl (C=O) groups excluding carboxylic acids is 1. The number of rotatable bonds is 2. The molecule has 0 aliphatic heterocycles. The minimum atomic E-state index is -0.0602. The highest BCUT2D eigenvalue weighted by Gasteiger charge is 2.13. The van der Waals surface area contributed by atoms with E-state index in [4.69, 9.17) is 9.97 Å². The number of thiophene rings is 1. The summed E-state index contributed by atoms with van der Waals surface area (Å²) < 4.78 is 1.09. The van der Waals surface area contributed by atoms with Gasteiger partial charge in [0.1, 0.15) is 10.3 Å². The van der Waals surface area contributed by atoms with Crippen LogP contribution in [-0.4, -0.2) is 21.9 Å². The Kier molecular flexibility index (Phi) is 3.23. The van der Waals surface area contributed by atoms with Crippen molar-refractivity contribution >= 4 is 48.7 Å². The maximum Gasteiger partial charge on any atom is 0.251 e. The number of hydrogen-bond donors (Lipinski definition) is 1. The molecule has 0 aliphatic carbocycles. The molecule has 0 fully saturated rings. The molecular weight excluding hydrogens is 306 g/mol. The molecule has 0 atom stereocenters. The lowest BCUT2D eigenvalue weighted by molar-refractivity contribution is 0.0943. The fraction of sp³-hybridized carbons (Fsp3) is 0.167. The predicted molar refractivity (Wildman–Crippen MR) is 95.0 cm³/mol. The Labute approximate surface area is 137 Å². The molecule has 23 heavy (non-hydrogen) atoms. The Bertz CT molecular complexity index is 1050. The molecule has 114 valence electrons. The van der Waals surface area contributed by atoms with Gasteiger partial charge in [0.2, 0.25) is 0 Å². The lowest BCUT2D eigenvalue weighted by Gasteiger charge is -2.08. The number of aromatic nitrogens is 2. The Morgan fingerprint density at radius 3 is 2.57 bits per heavy atom.